The van der Waals surface area contributed by atoms with E-state index in [4.69, 9.17) is 4.74 Å². The van der Waals surface area contributed by atoms with Crippen LogP contribution in [-0.2, 0) is 12.7 Å². The summed E-state index contributed by atoms with van der Waals surface area (Å²) in [5.74, 6) is -1.23. The fraction of sp³-hybridized carbons (Fsp3) is 0.308. The largest absolute Gasteiger partial charge is 0.573 e. The number of rotatable bonds is 10. The third-order valence-electron chi connectivity index (χ3n) is 5.25. The van der Waals surface area contributed by atoms with Crippen molar-refractivity contribution >= 4 is 5.69 Å². The molecule has 3 rings (SSSR count). The number of alkyl halides is 6. The van der Waals surface area contributed by atoms with Gasteiger partial charge in [0.25, 0.3) is 0 Å². The van der Waals surface area contributed by atoms with Gasteiger partial charge in [-0.2, -0.15) is 13.2 Å². The van der Waals surface area contributed by atoms with Crippen LogP contribution in [0.2, 0.25) is 0 Å². The first kappa shape index (κ1) is 28.1. The van der Waals surface area contributed by atoms with Gasteiger partial charge in [0.2, 0.25) is 0 Å². The molecular weight excluding hydrogens is 507 g/mol. The first-order valence-electron chi connectivity index (χ1n) is 11.3. The van der Waals surface area contributed by atoms with Gasteiger partial charge in [0.15, 0.2) is 0 Å². The van der Waals surface area contributed by atoms with Crippen molar-refractivity contribution in [2.75, 3.05) is 11.4 Å². The van der Waals surface area contributed by atoms with Crippen molar-refractivity contribution in [1.82, 2.24) is 0 Å². The fourth-order valence-electron chi connectivity index (χ4n) is 3.61. The molecule has 0 bridgehead atoms. The maximum absolute atomic E-state index is 14.6. The maximum Gasteiger partial charge on any atom is 0.573 e. The minimum atomic E-state index is -4.87. The summed E-state index contributed by atoms with van der Waals surface area (Å²) in [4.78, 5) is 1.59. The van der Waals surface area contributed by atoms with E-state index in [0.29, 0.717) is 24.6 Å². The Kier molecular flexibility index (Phi) is 8.90. The molecule has 0 aliphatic rings. The minimum absolute atomic E-state index is 0.0139. The molecule has 0 aromatic heterocycles. The molecule has 0 aliphatic heterocycles. The second-order valence-corrected chi connectivity index (χ2v) is 8.25. The number of hydrogen-bond donors (Lipinski definition) is 1. The molecule has 4 nitrogen and oxygen atoms in total. The normalized spacial score (nSPS) is 12.8. The molecule has 1 N–H and O–H groups in total. The van der Waals surface area contributed by atoms with Crippen molar-refractivity contribution in [3.8, 4) is 17.2 Å². The standard InChI is InChI=1S/C26H24F7NO3/c1-2-5-20(35)16-34(15-17-10-11-18(12-24(17)27)25(28,29)30)19-6-3-7-21(13-19)36-22-8-4-9-23(14-22)37-26(31,32)33/h3-4,6-14,20,35H,2,5,15-16H2,1H3. The molecule has 37 heavy (non-hydrogen) atoms. The van der Waals surface area contributed by atoms with E-state index in [-0.39, 0.29) is 30.2 Å². The van der Waals surface area contributed by atoms with E-state index in [0.717, 1.165) is 24.3 Å². The first-order chi connectivity index (χ1) is 17.3. The molecule has 0 radical (unpaired) electrons. The zero-order valence-electron chi connectivity index (χ0n) is 19.6. The number of aliphatic hydroxyl groups is 1. The van der Waals surface area contributed by atoms with Gasteiger partial charge in [-0.25, -0.2) is 4.39 Å². The van der Waals surface area contributed by atoms with Gasteiger partial charge < -0.3 is 19.5 Å². The lowest BCUT2D eigenvalue weighted by Gasteiger charge is -2.28. The summed E-state index contributed by atoms with van der Waals surface area (Å²) in [7, 11) is 0. The van der Waals surface area contributed by atoms with Crippen LogP contribution in [0.1, 0.15) is 30.9 Å². The third kappa shape index (κ3) is 8.56. The van der Waals surface area contributed by atoms with E-state index < -0.39 is 35.8 Å². The molecule has 11 heteroatoms. The molecule has 0 heterocycles. The van der Waals surface area contributed by atoms with Crippen molar-refractivity contribution in [2.45, 2.75) is 45.0 Å². The lowest BCUT2D eigenvalue weighted by Crippen LogP contribution is -2.32. The highest BCUT2D eigenvalue weighted by molar-refractivity contribution is 5.52. The number of ether oxygens (including phenoxy) is 2. The highest BCUT2D eigenvalue weighted by Gasteiger charge is 2.32. The van der Waals surface area contributed by atoms with Crippen LogP contribution in [0.25, 0.3) is 0 Å². The summed E-state index contributed by atoms with van der Waals surface area (Å²) in [6.45, 7) is 1.77. The summed E-state index contributed by atoms with van der Waals surface area (Å²) in [5, 5.41) is 10.4. The predicted molar refractivity (Wildman–Crippen MR) is 123 cm³/mol. The van der Waals surface area contributed by atoms with Gasteiger partial charge in [-0.05, 0) is 42.8 Å². The molecule has 200 valence electrons. The molecule has 1 atom stereocenters. The van der Waals surface area contributed by atoms with Crippen molar-refractivity contribution in [2.24, 2.45) is 0 Å². The summed E-state index contributed by atoms with van der Waals surface area (Å²) in [6.07, 6.45) is -9.25. The van der Waals surface area contributed by atoms with Crippen LogP contribution in [-0.4, -0.2) is 24.1 Å². The zero-order valence-corrected chi connectivity index (χ0v) is 19.6. The SMILES string of the molecule is CCCC(O)CN(Cc1ccc(C(F)(F)F)cc1F)c1cccc(Oc2cccc(OC(F)(F)F)c2)c1. The molecule has 3 aromatic carbocycles. The van der Waals surface area contributed by atoms with E-state index in [1.54, 1.807) is 23.1 Å². The molecule has 1 unspecified atom stereocenters. The molecular formula is C26H24F7NO3. The number of halogens is 7. The smallest absolute Gasteiger partial charge is 0.457 e. The molecule has 0 amide bonds. The molecule has 0 spiro atoms. The second-order valence-electron chi connectivity index (χ2n) is 8.25. The summed E-state index contributed by atoms with van der Waals surface area (Å²) >= 11 is 0. The predicted octanol–water partition coefficient (Wildman–Crippen LogP) is 7.70. The van der Waals surface area contributed by atoms with Crippen molar-refractivity contribution in [3.63, 3.8) is 0 Å². The molecule has 3 aromatic rings. The van der Waals surface area contributed by atoms with Crippen LogP contribution in [0.5, 0.6) is 17.2 Å². The number of anilines is 1. The Labute approximate surface area is 208 Å². The topological polar surface area (TPSA) is 41.9 Å². The van der Waals surface area contributed by atoms with E-state index in [1.165, 1.54) is 18.2 Å². The van der Waals surface area contributed by atoms with Crippen LogP contribution < -0.4 is 14.4 Å². The quantitative estimate of drug-likeness (QED) is 0.272. The average Bonchev–Trinajstić information content (AvgIpc) is 2.78. The maximum atomic E-state index is 14.6. The zero-order chi connectivity index (χ0) is 27.2. The molecule has 0 saturated heterocycles. The first-order valence-corrected chi connectivity index (χ1v) is 11.3. The molecule has 0 fully saturated rings. The highest BCUT2D eigenvalue weighted by atomic mass is 19.4. The summed E-state index contributed by atoms with van der Waals surface area (Å²) < 4.78 is 100. The van der Waals surface area contributed by atoms with Crippen LogP contribution in [0.3, 0.4) is 0 Å². The second kappa shape index (κ2) is 11.7. The summed E-state index contributed by atoms with van der Waals surface area (Å²) in [6, 6.07) is 13.5. The number of hydrogen-bond acceptors (Lipinski definition) is 4. The van der Waals surface area contributed by atoms with Crippen molar-refractivity contribution in [1.29, 1.82) is 0 Å². The van der Waals surface area contributed by atoms with Gasteiger partial charge in [0.1, 0.15) is 23.1 Å². The monoisotopic (exact) mass is 531 g/mol. The van der Waals surface area contributed by atoms with Crippen molar-refractivity contribution in [3.05, 3.63) is 83.7 Å². The Morgan fingerprint density at radius 2 is 1.51 bits per heavy atom. The number of nitrogens with zero attached hydrogens (tertiary/aromatic N) is 1. The van der Waals surface area contributed by atoms with Crippen LogP contribution >= 0.6 is 0 Å². The van der Waals surface area contributed by atoms with Crippen LogP contribution in [0.15, 0.2) is 66.7 Å². The Balaban J connectivity index is 1.86. The number of benzene rings is 3. The van der Waals surface area contributed by atoms with E-state index in [9.17, 15) is 35.8 Å². The van der Waals surface area contributed by atoms with Gasteiger partial charge in [-0.15, -0.1) is 13.2 Å². The van der Waals surface area contributed by atoms with Crippen molar-refractivity contribution < 1.29 is 45.3 Å². The van der Waals surface area contributed by atoms with Gasteiger partial charge >= 0.3 is 12.5 Å². The lowest BCUT2D eigenvalue weighted by molar-refractivity contribution is -0.274. The summed E-state index contributed by atoms with van der Waals surface area (Å²) in [5.41, 5.74) is -0.673. The Morgan fingerprint density at radius 3 is 2.14 bits per heavy atom. The van der Waals surface area contributed by atoms with Crippen LogP contribution in [0, 0.1) is 5.82 Å². The molecule has 0 aliphatic carbocycles. The van der Waals surface area contributed by atoms with Crippen LogP contribution in [0.4, 0.5) is 36.4 Å². The Bertz CT molecular complexity index is 1180. The third-order valence-corrected chi connectivity index (χ3v) is 5.25. The Morgan fingerprint density at radius 1 is 0.865 bits per heavy atom. The minimum Gasteiger partial charge on any atom is -0.457 e. The highest BCUT2D eigenvalue weighted by Crippen LogP contribution is 2.33. The van der Waals surface area contributed by atoms with Gasteiger partial charge in [-0.1, -0.05) is 31.5 Å². The average molecular weight is 531 g/mol. The van der Waals surface area contributed by atoms with E-state index in [2.05, 4.69) is 4.74 Å². The van der Waals surface area contributed by atoms with E-state index in [1.807, 2.05) is 6.92 Å². The van der Waals surface area contributed by atoms with Gasteiger partial charge in [-0.3, -0.25) is 0 Å². The molecule has 0 saturated carbocycles. The fourth-order valence-corrected chi connectivity index (χ4v) is 3.61. The van der Waals surface area contributed by atoms with Gasteiger partial charge in [0.05, 0.1) is 11.7 Å². The number of aliphatic hydroxyl groups excluding tert-OH is 1. The van der Waals surface area contributed by atoms with E-state index >= 15 is 0 Å². The van der Waals surface area contributed by atoms with Gasteiger partial charge in [0, 0.05) is 36.5 Å². The lowest BCUT2D eigenvalue weighted by atomic mass is 10.1. The Hall–Kier alpha value is -3.47.